The standard InChI is InChI=1S/C29H38N2O6/c1-7-8-9-16-37-23-13-10-20(18-24(23)36-6)26-25(28(33)29(34)31(26)15-14-30(3)4)27(32)21-11-12-22(35-5)19(2)17-21/h10-13,17-18,26,32H,7-9,14-16H2,1-6H3. The van der Waals surface area contributed by atoms with Gasteiger partial charge in [-0.1, -0.05) is 25.8 Å². The number of likely N-dealkylation sites (N-methyl/N-ethyl adjacent to an activating group) is 1. The number of benzene rings is 2. The molecule has 0 saturated carbocycles. The second-order valence-electron chi connectivity index (χ2n) is 9.45. The zero-order chi connectivity index (χ0) is 27.1. The molecule has 200 valence electrons. The molecule has 0 aromatic heterocycles. The first-order valence-electron chi connectivity index (χ1n) is 12.6. The predicted octanol–water partition coefficient (Wildman–Crippen LogP) is 4.56. The van der Waals surface area contributed by atoms with Crippen molar-refractivity contribution in [2.75, 3.05) is 48.0 Å². The number of likely N-dealkylation sites (tertiary alicyclic amines) is 1. The van der Waals surface area contributed by atoms with Crippen molar-refractivity contribution in [2.45, 2.75) is 39.2 Å². The Balaban J connectivity index is 2.09. The molecule has 1 fully saturated rings. The maximum Gasteiger partial charge on any atom is 0.295 e. The van der Waals surface area contributed by atoms with Crippen molar-refractivity contribution in [2.24, 2.45) is 0 Å². The van der Waals surface area contributed by atoms with E-state index >= 15 is 0 Å². The van der Waals surface area contributed by atoms with Crippen LogP contribution in [-0.2, 0) is 9.59 Å². The Morgan fingerprint density at radius 1 is 1.00 bits per heavy atom. The molecule has 1 N–H and O–H groups in total. The number of amides is 1. The van der Waals surface area contributed by atoms with Gasteiger partial charge in [0, 0.05) is 18.7 Å². The number of aryl methyl sites for hydroxylation is 1. The number of methoxy groups -OCH3 is 2. The molecule has 1 saturated heterocycles. The first-order chi connectivity index (χ1) is 17.7. The largest absolute Gasteiger partial charge is 0.507 e. The molecular formula is C29H38N2O6. The quantitative estimate of drug-likeness (QED) is 0.194. The first kappa shape index (κ1) is 28.1. The molecule has 37 heavy (non-hydrogen) atoms. The molecule has 1 unspecified atom stereocenters. The fraction of sp³-hybridized carbons (Fsp3) is 0.448. The van der Waals surface area contributed by atoms with Crippen molar-refractivity contribution in [3.8, 4) is 17.2 Å². The fourth-order valence-corrected chi connectivity index (χ4v) is 4.45. The number of rotatable bonds is 12. The molecule has 2 aromatic carbocycles. The molecule has 1 aliphatic rings. The monoisotopic (exact) mass is 510 g/mol. The Morgan fingerprint density at radius 2 is 1.70 bits per heavy atom. The number of Topliss-reactive ketones (excluding diaryl/α,β-unsaturated/α-hetero) is 1. The van der Waals surface area contributed by atoms with Crippen LogP contribution in [0.15, 0.2) is 42.0 Å². The van der Waals surface area contributed by atoms with E-state index in [2.05, 4.69) is 6.92 Å². The van der Waals surface area contributed by atoms with E-state index < -0.39 is 17.7 Å². The fourth-order valence-electron chi connectivity index (χ4n) is 4.45. The Kier molecular flexibility index (Phi) is 9.58. The number of ketones is 1. The zero-order valence-electron chi connectivity index (χ0n) is 22.7. The van der Waals surface area contributed by atoms with Gasteiger partial charge in [0.2, 0.25) is 0 Å². The van der Waals surface area contributed by atoms with E-state index in [9.17, 15) is 14.7 Å². The highest BCUT2D eigenvalue weighted by Gasteiger charge is 2.46. The molecule has 1 amide bonds. The van der Waals surface area contributed by atoms with Crippen molar-refractivity contribution >= 4 is 17.4 Å². The molecule has 1 atom stereocenters. The van der Waals surface area contributed by atoms with Gasteiger partial charge < -0.3 is 29.1 Å². The molecule has 8 nitrogen and oxygen atoms in total. The SMILES string of the molecule is CCCCCOc1ccc(C2C(=C(O)c3ccc(OC)c(C)c3)C(=O)C(=O)N2CCN(C)C)cc1OC. The van der Waals surface area contributed by atoms with E-state index in [1.807, 2.05) is 32.0 Å². The minimum Gasteiger partial charge on any atom is -0.507 e. The molecule has 0 spiro atoms. The lowest BCUT2D eigenvalue weighted by Gasteiger charge is -2.27. The van der Waals surface area contributed by atoms with Gasteiger partial charge in [-0.05, 0) is 68.9 Å². The van der Waals surface area contributed by atoms with Crippen LogP contribution >= 0.6 is 0 Å². The summed E-state index contributed by atoms with van der Waals surface area (Å²) >= 11 is 0. The molecule has 3 rings (SSSR count). The Labute approximate surface area is 219 Å². The van der Waals surface area contributed by atoms with Gasteiger partial charge in [0.25, 0.3) is 11.7 Å². The number of unbranched alkanes of at least 4 members (excludes halogenated alkanes) is 2. The van der Waals surface area contributed by atoms with E-state index in [1.165, 1.54) is 4.90 Å². The summed E-state index contributed by atoms with van der Waals surface area (Å²) in [6, 6.07) is 9.78. The van der Waals surface area contributed by atoms with Crippen LogP contribution in [0.25, 0.3) is 5.76 Å². The number of hydrogen-bond acceptors (Lipinski definition) is 7. The van der Waals surface area contributed by atoms with E-state index in [1.54, 1.807) is 44.6 Å². The molecule has 0 radical (unpaired) electrons. The number of carbonyl (C=O) groups excluding carboxylic acids is 2. The Morgan fingerprint density at radius 3 is 2.32 bits per heavy atom. The number of aliphatic hydroxyl groups excluding tert-OH is 1. The maximum atomic E-state index is 13.3. The van der Waals surface area contributed by atoms with Crippen molar-refractivity contribution in [3.63, 3.8) is 0 Å². The predicted molar refractivity (Wildman–Crippen MR) is 143 cm³/mol. The minimum absolute atomic E-state index is 0.0481. The van der Waals surface area contributed by atoms with Gasteiger partial charge in [-0.3, -0.25) is 9.59 Å². The van der Waals surface area contributed by atoms with E-state index in [4.69, 9.17) is 14.2 Å². The van der Waals surface area contributed by atoms with Gasteiger partial charge in [-0.25, -0.2) is 0 Å². The minimum atomic E-state index is -0.773. The average Bonchev–Trinajstić information content (AvgIpc) is 3.14. The van der Waals surface area contributed by atoms with Crippen LogP contribution in [0.3, 0.4) is 0 Å². The highest BCUT2D eigenvalue weighted by Crippen LogP contribution is 2.42. The number of carbonyl (C=O) groups is 2. The van der Waals surface area contributed by atoms with Crippen molar-refractivity contribution in [1.29, 1.82) is 0 Å². The van der Waals surface area contributed by atoms with Gasteiger partial charge in [0.05, 0.1) is 32.4 Å². The summed E-state index contributed by atoms with van der Waals surface area (Å²) < 4.78 is 16.8. The average molecular weight is 511 g/mol. The molecule has 2 aromatic rings. The highest BCUT2D eigenvalue weighted by molar-refractivity contribution is 6.46. The van der Waals surface area contributed by atoms with Gasteiger partial charge >= 0.3 is 0 Å². The summed E-state index contributed by atoms with van der Waals surface area (Å²) in [6.07, 6.45) is 3.11. The van der Waals surface area contributed by atoms with Crippen LogP contribution in [-0.4, -0.2) is 74.6 Å². The van der Waals surface area contributed by atoms with Gasteiger partial charge in [-0.15, -0.1) is 0 Å². The summed E-state index contributed by atoms with van der Waals surface area (Å²) in [4.78, 5) is 29.9. The summed E-state index contributed by atoms with van der Waals surface area (Å²) in [5.41, 5.74) is 1.95. The van der Waals surface area contributed by atoms with Crippen molar-refractivity contribution < 1.29 is 28.9 Å². The summed E-state index contributed by atoms with van der Waals surface area (Å²) in [6.45, 7) is 5.43. The second kappa shape index (κ2) is 12.6. The van der Waals surface area contributed by atoms with Gasteiger partial charge in [0.15, 0.2) is 11.5 Å². The summed E-state index contributed by atoms with van der Waals surface area (Å²) in [5, 5.41) is 11.3. The van der Waals surface area contributed by atoms with Crippen molar-refractivity contribution in [1.82, 2.24) is 9.80 Å². The van der Waals surface area contributed by atoms with E-state index in [0.717, 1.165) is 24.8 Å². The zero-order valence-corrected chi connectivity index (χ0v) is 22.7. The maximum absolute atomic E-state index is 13.3. The summed E-state index contributed by atoms with van der Waals surface area (Å²) in [5.74, 6) is 0.191. The van der Waals surface area contributed by atoms with Crippen LogP contribution in [0, 0.1) is 6.92 Å². The molecule has 0 bridgehead atoms. The third kappa shape index (κ3) is 6.25. The lowest BCUT2D eigenvalue weighted by Crippen LogP contribution is -2.35. The van der Waals surface area contributed by atoms with Crippen molar-refractivity contribution in [3.05, 3.63) is 58.7 Å². The topological polar surface area (TPSA) is 88.5 Å². The molecule has 8 heteroatoms. The normalized spacial score (nSPS) is 16.9. The van der Waals surface area contributed by atoms with Crippen LogP contribution in [0.2, 0.25) is 0 Å². The first-order valence-corrected chi connectivity index (χ1v) is 12.6. The third-order valence-electron chi connectivity index (χ3n) is 6.51. The molecule has 1 heterocycles. The summed E-state index contributed by atoms with van der Waals surface area (Å²) in [7, 11) is 6.93. The van der Waals surface area contributed by atoms with Crippen LogP contribution < -0.4 is 14.2 Å². The molecule has 0 aliphatic carbocycles. The number of hydrogen-bond donors (Lipinski definition) is 1. The number of aliphatic hydroxyl groups is 1. The highest BCUT2D eigenvalue weighted by atomic mass is 16.5. The van der Waals surface area contributed by atoms with Gasteiger partial charge in [-0.2, -0.15) is 0 Å². The van der Waals surface area contributed by atoms with E-state index in [0.29, 0.717) is 48.1 Å². The third-order valence-corrected chi connectivity index (χ3v) is 6.51. The lowest BCUT2D eigenvalue weighted by atomic mass is 9.94. The second-order valence-corrected chi connectivity index (χ2v) is 9.45. The smallest absolute Gasteiger partial charge is 0.295 e. The van der Waals surface area contributed by atoms with E-state index in [-0.39, 0.29) is 11.3 Å². The van der Waals surface area contributed by atoms with Crippen LogP contribution in [0.1, 0.15) is 48.9 Å². The number of nitrogens with zero attached hydrogens (tertiary/aromatic N) is 2. The molecular weight excluding hydrogens is 472 g/mol. The molecule has 1 aliphatic heterocycles. The number of ether oxygens (including phenoxy) is 3. The Bertz CT molecular complexity index is 1160. The van der Waals surface area contributed by atoms with Crippen LogP contribution in [0.5, 0.6) is 17.2 Å². The lowest BCUT2D eigenvalue weighted by molar-refractivity contribution is -0.140. The van der Waals surface area contributed by atoms with Crippen LogP contribution in [0.4, 0.5) is 0 Å². The van der Waals surface area contributed by atoms with Gasteiger partial charge in [0.1, 0.15) is 11.5 Å². The Hall–Kier alpha value is -3.52.